The van der Waals surface area contributed by atoms with Crippen molar-refractivity contribution < 1.29 is 19.0 Å². The average molecular weight is 278 g/mol. The Morgan fingerprint density at radius 3 is 2.70 bits per heavy atom. The van der Waals surface area contributed by atoms with E-state index in [0.29, 0.717) is 17.9 Å². The normalized spacial score (nSPS) is 11.1. The van der Waals surface area contributed by atoms with Gasteiger partial charge in [-0.3, -0.25) is 0 Å². The molecule has 0 radical (unpaired) electrons. The predicted octanol–water partition coefficient (Wildman–Crippen LogP) is 2.79. The Bertz CT molecular complexity index is 508. The van der Waals surface area contributed by atoms with Crippen molar-refractivity contribution >= 4 is 11.7 Å². The minimum Gasteiger partial charge on any atom is -0.497 e. The summed E-state index contributed by atoms with van der Waals surface area (Å²) in [6.45, 7) is 2.33. The Balaban J connectivity index is 3.12. The molecule has 0 amide bonds. The topological polar surface area (TPSA) is 55.6 Å². The van der Waals surface area contributed by atoms with Gasteiger partial charge < -0.3 is 9.47 Å². The van der Waals surface area contributed by atoms with Gasteiger partial charge in [0, 0.05) is 16.1 Å². The van der Waals surface area contributed by atoms with Crippen LogP contribution in [0.1, 0.15) is 25.3 Å². The summed E-state index contributed by atoms with van der Waals surface area (Å²) in [6.07, 6.45) is 2.87. The zero-order chi connectivity index (χ0) is 15.0. The van der Waals surface area contributed by atoms with Crippen molar-refractivity contribution in [2.75, 3.05) is 20.8 Å². The lowest BCUT2D eigenvalue weighted by atomic mass is 10.1. The molecule has 0 aliphatic heterocycles. The molecule has 0 saturated heterocycles. The van der Waals surface area contributed by atoms with Gasteiger partial charge in [-0.05, 0) is 24.6 Å². The van der Waals surface area contributed by atoms with Crippen LogP contribution in [0.4, 0.5) is 0 Å². The Morgan fingerprint density at radius 2 is 2.10 bits per heavy atom. The standard InChI is InChI=1S/C15H20NO4/c1-4-5-9-16(18)14(11-15(17)20-3)12-7-6-8-13(10-12)19-2/h6-8,10-11H,4-5,9H2,1-3H3/q+1. The van der Waals surface area contributed by atoms with Crippen LogP contribution < -0.4 is 4.74 Å². The van der Waals surface area contributed by atoms with Gasteiger partial charge in [0.2, 0.25) is 0 Å². The number of hydrogen-bond donors (Lipinski definition) is 0. The first-order valence-electron chi connectivity index (χ1n) is 6.51. The number of carbonyl (C=O) groups excluding carboxylic acids is 1. The van der Waals surface area contributed by atoms with E-state index >= 15 is 0 Å². The average Bonchev–Trinajstić information content (AvgIpc) is 2.49. The fraction of sp³-hybridized carbons (Fsp3) is 0.400. The van der Waals surface area contributed by atoms with Crippen LogP contribution in [0.15, 0.2) is 30.3 Å². The van der Waals surface area contributed by atoms with E-state index < -0.39 is 5.97 Å². The highest BCUT2D eigenvalue weighted by Gasteiger charge is 2.22. The molecule has 5 heteroatoms. The predicted molar refractivity (Wildman–Crippen MR) is 76.4 cm³/mol. The van der Waals surface area contributed by atoms with Crippen LogP contribution in [0.3, 0.4) is 0 Å². The molecular weight excluding hydrogens is 258 g/mol. The molecule has 0 aliphatic carbocycles. The lowest BCUT2D eigenvalue weighted by Gasteiger charge is -2.03. The summed E-state index contributed by atoms with van der Waals surface area (Å²) in [7, 11) is 2.83. The third-order valence-electron chi connectivity index (χ3n) is 2.80. The zero-order valence-electron chi connectivity index (χ0n) is 12.1. The van der Waals surface area contributed by atoms with E-state index in [0.717, 1.165) is 17.6 Å². The van der Waals surface area contributed by atoms with Gasteiger partial charge >= 0.3 is 5.97 Å². The second-order valence-corrected chi connectivity index (χ2v) is 4.24. The van der Waals surface area contributed by atoms with Crippen molar-refractivity contribution in [2.24, 2.45) is 0 Å². The van der Waals surface area contributed by atoms with Crippen molar-refractivity contribution in [3.05, 3.63) is 40.8 Å². The third kappa shape index (κ3) is 4.50. The molecule has 0 aliphatic rings. The van der Waals surface area contributed by atoms with Crippen molar-refractivity contribution in [1.82, 2.24) is 0 Å². The van der Waals surface area contributed by atoms with Crippen molar-refractivity contribution in [3.63, 3.8) is 0 Å². The monoisotopic (exact) mass is 278 g/mol. The van der Waals surface area contributed by atoms with Crippen molar-refractivity contribution in [1.29, 1.82) is 0 Å². The first kappa shape index (κ1) is 15.9. The Labute approximate surface area is 118 Å². The van der Waals surface area contributed by atoms with E-state index in [4.69, 9.17) is 4.74 Å². The molecule has 20 heavy (non-hydrogen) atoms. The molecule has 5 nitrogen and oxygen atoms in total. The van der Waals surface area contributed by atoms with Gasteiger partial charge in [0.05, 0.1) is 25.9 Å². The fourth-order valence-electron chi connectivity index (χ4n) is 1.67. The van der Waals surface area contributed by atoms with Gasteiger partial charge in [0.1, 0.15) is 5.75 Å². The summed E-state index contributed by atoms with van der Waals surface area (Å²) < 4.78 is 10.5. The number of methoxy groups -OCH3 is 2. The van der Waals surface area contributed by atoms with Crippen LogP contribution in [0.5, 0.6) is 5.75 Å². The number of carbonyl (C=O) groups is 1. The van der Waals surface area contributed by atoms with Crippen LogP contribution in [-0.4, -0.2) is 31.5 Å². The highest BCUT2D eigenvalue weighted by molar-refractivity contribution is 5.89. The number of hydrogen-bond acceptors (Lipinski definition) is 4. The summed E-state index contributed by atoms with van der Waals surface area (Å²) in [4.78, 5) is 23.6. The van der Waals surface area contributed by atoms with Gasteiger partial charge in [0.15, 0.2) is 6.54 Å². The molecule has 0 unspecified atom stereocenters. The number of esters is 1. The number of benzene rings is 1. The van der Waals surface area contributed by atoms with E-state index in [9.17, 15) is 9.70 Å². The summed E-state index contributed by atoms with van der Waals surface area (Å²) in [5, 5.41) is 0. The molecule has 0 saturated carbocycles. The van der Waals surface area contributed by atoms with E-state index in [-0.39, 0.29) is 5.70 Å². The number of nitroso groups, excluding NO2 is 1. The summed E-state index contributed by atoms with van der Waals surface area (Å²) >= 11 is 0. The minimum atomic E-state index is -0.555. The second-order valence-electron chi connectivity index (χ2n) is 4.24. The molecule has 0 atom stereocenters. The number of rotatable bonds is 7. The lowest BCUT2D eigenvalue weighted by Crippen LogP contribution is -2.11. The summed E-state index contributed by atoms with van der Waals surface area (Å²) in [6, 6.07) is 7.02. The molecule has 0 fully saturated rings. The molecule has 0 bridgehead atoms. The van der Waals surface area contributed by atoms with Crippen molar-refractivity contribution in [3.8, 4) is 5.75 Å². The maximum absolute atomic E-state index is 12.2. The molecule has 0 N–H and O–H groups in total. The molecule has 0 spiro atoms. The second kappa shape index (κ2) is 8.09. The van der Waals surface area contributed by atoms with E-state index in [1.54, 1.807) is 31.4 Å². The van der Waals surface area contributed by atoms with E-state index in [1.807, 2.05) is 6.92 Å². The van der Waals surface area contributed by atoms with Gasteiger partial charge in [-0.25, -0.2) is 4.79 Å². The SMILES string of the molecule is CCCC[N+](=O)C(=CC(=O)OC)c1cccc(OC)c1. The van der Waals surface area contributed by atoms with Gasteiger partial charge in [-0.2, -0.15) is 0 Å². The number of nitrogens with zero attached hydrogens (tertiary/aromatic N) is 1. The van der Waals surface area contributed by atoms with Crippen LogP contribution in [0.2, 0.25) is 0 Å². The molecule has 1 rings (SSSR count). The van der Waals surface area contributed by atoms with Crippen LogP contribution in [0.25, 0.3) is 5.70 Å². The van der Waals surface area contributed by atoms with Gasteiger partial charge in [-0.15, -0.1) is 0 Å². The molecule has 1 aromatic carbocycles. The fourth-order valence-corrected chi connectivity index (χ4v) is 1.67. The summed E-state index contributed by atoms with van der Waals surface area (Å²) in [5.41, 5.74) is 0.907. The molecule has 108 valence electrons. The first-order valence-corrected chi connectivity index (χ1v) is 6.51. The lowest BCUT2D eigenvalue weighted by molar-refractivity contribution is -0.455. The van der Waals surface area contributed by atoms with Crippen LogP contribution in [0, 0.1) is 4.91 Å². The smallest absolute Gasteiger partial charge is 0.337 e. The highest BCUT2D eigenvalue weighted by Crippen LogP contribution is 2.21. The van der Waals surface area contributed by atoms with E-state index in [2.05, 4.69) is 4.74 Å². The first-order chi connectivity index (χ1) is 9.62. The Morgan fingerprint density at radius 1 is 1.35 bits per heavy atom. The van der Waals surface area contributed by atoms with Crippen LogP contribution >= 0.6 is 0 Å². The molecular formula is C15H20NO4+. The largest absolute Gasteiger partial charge is 0.497 e. The maximum Gasteiger partial charge on any atom is 0.337 e. The third-order valence-corrected chi connectivity index (χ3v) is 2.80. The molecule has 0 aromatic heterocycles. The number of ether oxygens (including phenoxy) is 2. The van der Waals surface area contributed by atoms with Crippen LogP contribution in [-0.2, 0) is 9.53 Å². The van der Waals surface area contributed by atoms with E-state index in [1.165, 1.54) is 13.2 Å². The maximum atomic E-state index is 12.2. The highest BCUT2D eigenvalue weighted by atomic mass is 16.5. The Hall–Kier alpha value is -2.17. The summed E-state index contributed by atoms with van der Waals surface area (Å²) in [5.74, 6) is 0.0716. The van der Waals surface area contributed by atoms with Gasteiger partial charge in [0.25, 0.3) is 5.70 Å². The molecule has 1 aromatic rings. The molecule has 0 heterocycles. The minimum absolute atomic E-state index is 0.282. The van der Waals surface area contributed by atoms with Gasteiger partial charge in [-0.1, -0.05) is 13.0 Å². The quantitative estimate of drug-likeness (QED) is 0.437. The zero-order valence-corrected chi connectivity index (χ0v) is 12.1. The number of unbranched alkanes of at least 4 members (excludes halogenated alkanes) is 1. The van der Waals surface area contributed by atoms with Crippen molar-refractivity contribution in [2.45, 2.75) is 19.8 Å². The Kier molecular flexibility index (Phi) is 6.43.